The number of carboxylic acid groups (broad SMARTS) is 1. The lowest BCUT2D eigenvalue weighted by Crippen LogP contribution is -2.52. The predicted octanol–water partition coefficient (Wildman–Crippen LogP) is 1.57. The SMILES string of the molecule is CC1C(C(=O)O)CCN1C(=O)C(C)N1C(C)CCC1C. The molecule has 0 bridgehead atoms. The van der Waals surface area contributed by atoms with Gasteiger partial charge in [0, 0.05) is 24.7 Å². The largest absolute Gasteiger partial charge is 0.481 e. The number of amides is 1. The van der Waals surface area contributed by atoms with Gasteiger partial charge in [-0.15, -0.1) is 0 Å². The van der Waals surface area contributed by atoms with Crippen molar-refractivity contribution in [3.8, 4) is 0 Å². The Labute approximate surface area is 120 Å². The highest BCUT2D eigenvalue weighted by atomic mass is 16.4. The minimum atomic E-state index is -0.789. The number of hydrogen-bond donors (Lipinski definition) is 1. The van der Waals surface area contributed by atoms with Gasteiger partial charge in [0.1, 0.15) is 0 Å². The summed E-state index contributed by atoms with van der Waals surface area (Å²) >= 11 is 0. The number of likely N-dealkylation sites (tertiary alicyclic amines) is 2. The Morgan fingerprint density at radius 3 is 2.10 bits per heavy atom. The highest BCUT2D eigenvalue weighted by molar-refractivity contribution is 5.83. The standard InChI is InChI=1S/C15H26N2O3/c1-9-5-6-10(2)17(9)12(4)14(18)16-8-7-13(11(16)3)15(19)20/h9-13H,5-8H2,1-4H3,(H,19,20). The first-order valence-corrected chi connectivity index (χ1v) is 7.65. The fourth-order valence-electron chi connectivity index (χ4n) is 3.93. The third-order valence-corrected chi connectivity index (χ3v) is 5.18. The lowest BCUT2D eigenvalue weighted by atomic mass is 10.0. The van der Waals surface area contributed by atoms with E-state index in [2.05, 4.69) is 18.7 Å². The van der Waals surface area contributed by atoms with Crippen LogP contribution in [0.1, 0.15) is 47.0 Å². The summed E-state index contributed by atoms with van der Waals surface area (Å²) in [5.74, 6) is -1.12. The Bertz CT molecular complexity index is 389. The Morgan fingerprint density at radius 2 is 1.65 bits per heavy atom. The van der Waals surface area contributed by atoms with E-state index in [0.29, 0.717) is 25.0 Å². The molecule has 2 aliphatic rings. The normalized spacial score (nSPS) is 36.3. The highest BCUT2D eigenvalue weighted by Gasteiger charge is 2.42. The van der Waals surface area contributed by atoms with Crippen LogP contribution in [0.5, 0.6) is 0 Å². The lowest BCUT2D eigenvalue weighted by molar-refractivity contribution is -0.144. The Hall–Kier alpha value is -1.10. The van der Waals surface area contributed by atoms with Crippen LogP contribution in [0.4, 0.5) is 0 Å². The summed E-state index contributed by atoms with van der Waals surface area (Å²) < 4.78 is 0. The number of rotatable bonds is 3. The van der Waals surface area contributed by atoms with Gasteiger partial charge in [0.25, 0.3) is 0 Å². The predicted molar refractivity (Wildman–Crippen MR) is 76.4 cm³/mol. The molecule has 0 aromatic heterocycles. The first kappa shape index (κ1) is 15.3. The van der Waals surface area contributed by atoms with Crippen molar-refractivity contribution in [3.05, 3.63) is 0 Å². The molecule has 5 atom stereocenters. The van der Waals surface area contributed by atoms with Gasteiger partial charge >= 0.3 is 5.97 Å². The molecule has 0 aromatic carbocycles. The molecule has 2 rings (SSSR count). The molecule has 1 amide bonds. The molecule has 0 radical (unpaired) electrons. The average Bonchev–Trinajstić information content (AvgIpc) is 2.91. The van der Waals surface area contributed by atoms with E-state index < -0.39 is 11.9 Å². The molecule has 20 heavy (non-hydrogen) atoms. The van der Waals surface area contributed by atoms with Gasteiger partial charge in [-0.2, -0.15) is 0 Å². The smallest absolute Gasteiger partial charge is 0.308 e. The third kappa shape index (κ3) is 2.55. The number of carboxylic acids is 1. The van der Waals surface area contributed by atoms with Gasteiger partial charge < -0.3 is 10.0 Å². The molecule has 2 aliphatic heterocycles. The van der Waals surface area contributed by atoms with Crippen molar-refractivity contribution in [2.75, 3.05) is 6.54 Å². The van der Waals surface area contributed by atoms with Crippen LogP contribution >= 0.6 is 0 Å². The summed E-state index contributed by atoms with van der Waals surface area (Å²) in [4.78, 5) is 27.9. The maximum atomic E-state index is 12.7. The zero-order chi connectivity index (χ0) is 15.0. The molecule has 2 saturated heterocycles. The molecule has 0 spiro atoms. The minimum absolute atomic E-state index is 0.0850. The number of carbonyl (C=O) groups excluding carboxylic acids is 1. The van der Waals surface area contributed by atoms with Gasteiger partial charge in [-0.05, 0) is 47.0 Å². The van der Waals surface area contributed by atoms with Gasteiger partial charge in [-0.1, -0.05) is 0 Å². The van der Waals surface area contributed by atoms with Crippen LogP contribution in [-0.2, 0) is 9.59 Å². The number of nitrogens with zero attached hydrogens (tertiary/aromatic N) is 2. The lowest BCUT2D eigenvalue weighted by Gasteiger charge is -2.35. The van der Waals surface area contributed by atoms with Crippen molar-refractivity contribution < 1.29 is 14.7 Å². The second-order valence-corrected chi connectivity index (χ2v) is 6.40. The zero-order valence-electron chi connectivity index (χ0n) is 12.9. The first-order chi connectivity index (χ1) is 9.34. The van der Waals surface area contributed by atoms with Crippen LogP contribution in [0, 0.1) is 5.92 Å². The van der Waals surface area contributed by atoms with Crippen molar-refractivity contribution in [1.82, 2.24) is 9.80 Å². The molecule has 0 saturated carbocycles. The summed E-state index contributed by atoms with van der Waals surface area (Å²) in [7, 11) is 0. The van der Waals surface area contributed by atoms with E-state index in [1.54, 1.807) is 4.90 Å². The molecule has 2 fully saturated rings. The van der Waals surface area contributed by atoms with E-state index in [9.17, 15) is 9.59 Å². The van der Waals surface area contributed by atoms with E-state index in [4.69, 9.17) is 5.11 Å². The second-order valence-electron chi connectivity index (χ2n) is 6.40. The van der Waals surface area contributed by atoms with Gasteiger partial charge in [0.05, 0.1) is 12.0 Å². The molecule has 0 aromatic rings. The van der Waals surface area contributed by atoms with Crippen LogP contribution in [-0.4, -0.2) is 57.5 Å². The maximum absolute atomic E-state index is 12.7. The monoisotopic (exact) mass is 282 g/mol. The summed E-state index contributed by atoms with van der Waals surface area (Å²) in [5.41, 5.74) is 0. The topological polar surface area (TPSA) is 60.9 Å². The summed E-state index contributed by atoms with van der Waals surface area (Å²) in [5, 5.41) is 9.17. The van der Waals surface area contributed by atoms with E-state index in [1.165, 1.54) is 0 Å². The van der Waals surface area contributed by atoms with E-state index >= 15 is 0 Å². The molecule has 2 heterocycles. The molecule has 5 nitrogen and oxygen atoms in total. The van der Waals surface area contributed by atoms with Gasteiger partial charge in [-0.25, -0.2) is 0 Å². The van der Waals surface area contributed by atoms with Crippen molar-refractivity contribution in [2.24, 2.45) is 5.92 Å². The molecule has 1 N–H and O–H groups in total. The Balaban J connectivity index is 2.06. The summed E-state index contributed by atoms with van der Waals surface area (Å²) in [6.07, 6.45) is 2.83. The van der Waals surface area contributed by atoms with Crippen molar-refractivity contribution in [1.29, 1.82) is 0 Å². The van der Waals surface area contributed by atoms with Crippen LogP contribution in [0.15, 0.2) is 0 Å². The van der Waals surface area contributed by atoms with Crippen molar-refractivity contribution in [3.63, 3.8) is 0 Å². The fourth-order valence-corrected chi connectivity index (χ4v) is 3.93. The second kappa shape index (κ2) is 5.72. The summed E-state index contributed by atoms with van der Waals surface area (Å²) in [6.45, 7) is 8.72. The number of aliphatic carboxylic acids is 1. The van der Waals surface area contributed by atoms with Crippen LogP contribution in [0.25, 0.3) is 0 Å². The minimum Gasteiger partial charge on any atom is -0.481 e. The van der Waals surface area contributed by atoms with Gasteiger partial charge in [0.2, 0.25) is 5.91 Å². The van der Waals surface area contributed by atoms with Crippen LogP contribution in [0.3, 0.4) is 0 Å². The summed E-state index contributed by atoms with van der Waals surface area (Å²) in [6, 6.07) is 0.502. The fraction of sp³-hybridized carbons (Fsp3) is 0.867. The average molecular weight is 282 g/mol. The van der Waals surface area contributed by atoms with Crippen LogP contribution in [0.2, 0.25) is 0 Å². The molecular weight excluding hydrogens is 256 g/mol. The number of hydrogen-bond acceptors (Lipinski definition) is 3. The van der Waals surface area contributed by atoms with Crippen LogP contribution < -0.4 is 0 Å². The van der Waals surface area contributed by atoms with Gasteiger partial charge in [-0.3, -0.25) is 14.5 Å². The van der Waals surface area contributed by atoms with E-state index in [-0.39, 0.29) is 18.0 Å². The molecule has 5 heteroatoms. The Morgan fingerprint density at radius 1 is 1.10 bits per heavy atom. The zero-order valence-corrected chi connectivity index (χ0v) is 12.9. The van der Waals surface area contributed by atoms with Gasteiger partial charge in [0.15, 0.2) is 0 Å². The maximum Gasteiger partial charge on any atom is 0.308 e. The molecule has 0 aliphatic carbocycles. The molecule has 5 unspecified atom stereocenters. The molecule has 114 valence electrons. The quantitative estimate of drug-likeness (QED) is 0.853. The van der Waals surface area contributed by atoms with Crippen molar-refractivity contribution >= 4 is 11.9 Å². The first-order valence-electron chi connectivity index (χ1n) is 7.65. The van der Waals surface area contributed by atoms with E-state index in [0.717, 1.165) is 12.8 Å². The van der Waals surface area contributed by atoms with E-state index in [1.807, 2.05) is 13.8 Å². The Kier molecular flexibility index (Phi) is 4.37. The third-order valence-electron chi connectivity index (χ3n) is 5.18. The van der Waals surface area contributed by atoms with Crippen molar-refractivity contribution in [2.45, 2.75) is 71.1 Å². The number of carbonyl (C=O) groups is 2. The highest BCUT2D eigenvalue weighted by Crippen LogP contribution is 2.30. The molecular formula is C15H26N2O3.